The summed E-state index contributed by atoms with van der Waals surface area (Å²) < 4.78 is 10.8. The van der Waals surface area contributed by atoms with Gasteiger partial charge in [0.25, 0.3) is 0 Å². The van der Waals surface area contributed by atoms with Crippen LogP contribution in [-0.4, -0.2) is 25.1 Å². The van der Waals surface area contributed by atoms with Crippen molar-refractivity contribution in [3.63, 3.8) is 0 Å². The van der Waals surface area contributed by atoms with E-state index in [1.54, 1.807) is 30.3 Å². The molecule has 29 heavy (non-hydrogen) atoms. The van der Waals surface area contributed by atoms with Gasteiger partial charge in [-0.05, 0) is 54.8 Å². The first-order valence-electron chi connectivity index (χ1n) is 10.1. The molecule has 0 heterocycles. The number of anilines is 1. The zero-order valence-corrected chi connectivity index (χ0v) is 17.1. The Labute approximate surface area is 172 Å². The van der Waals surface area contributed by atoms with E-state index in [1.807, 2.05) is 31.2 Å². The van der Waals surface area contributed by atoms with Crippen LogP contribution in [0.5, 0.6) is 5.75 Å². The van der Waals surface area contributed by atoms with E-state index in [0.717, 1.165) is 37.0 Å². The normalized spacial score (nSPS) is 10.7. The Morgan fingerprint density at radius 1 is 0.966 bits per heavy atom. The van der Waals surface area contributed by atoms with Crippen LogP contribution in [0.25, 0.3) is 6.08 Å². The van der Waals surface area contributed by atoms with Crippen molar-refractivity contribution >= 4 is 23.6 Å². The fourth-order valence-electron chi connectivity index (χ4n) is 2.48. The lowest BCUT2D eigenvalue weighted by Crippen LogP contribution is -2.10. The Morgan fingerprint density at radius 2 is 1.69 bits per heavy atom. The minimum atomic E-state index is -0.383. The van der Waals surface area contributed by atoms with Crippen LogP contribution in [0.1, 0.15) is 55.5 Å². The number of hydrogen-bond donors (Lipinski definition) is 1. The van der Waals surface area contributed by atoms with Crippen molar-refractivity contribution in [3.8, 4) is 5.75 Å². The molecule has 2 aromatic rings. The van der Waals surface area contributed by atoms with Gasteiger partial charge >= 0.3 is 5.97 Å². The molecule has 0 bridgehead atoms. The molecular formula is C24H29NO4. The number of rotatable bonds is 11. The highest BCUT2D eigenvalue weighted by Gasteiger charge is 2.08. The number of nitrogens with one attached hydrogen (secondary N) is 1. The maximum absolute atomic E-state index is 12.2. The lowest BCUT2D eigenvalue weighted by Gasteiger charge is -2.07. The summed E-state index contributed by atoms with van der Waals surface area (Å²) in [6, 6.07) is 14.3. The van der Waals surface area contributed by atoms with Gasteiger partial charge in [0.05, 0.1) is 18.8 Å². The highest BCUT2D eigenvalue weighted by Crippen LogP contribution is 2.15. The molecule has 1 N–H and O–H groups in total. The SMILES string of the molecule is CCCCOC(=O)c1cccc(NC(=O)/C=C/c2ccc(OCCCC)cc2)c1. The number of amides is 1. The summed E-state index contributed by atoms with van der Waals surface area (Å²) in [4.78, 5) is 24.2. The third kappa shape index (κ3) is 8.21. The predicted molar refractivity (Wildman–Crippen MR) is 116 cm³/mol. The lowest BCUT2D eigenvalue weighted by molar-refractivity contribution is -0.111. The Morgan fingerprint density at radius 3 is 2.41 bits per heavy atom. The van der Waals surface area contributed by atoms with Gasteiger partial charge < -0.3 is 14.8 Å². The second-order valence-electron chi connectivity index (χ2n) is 6.66. The molecule has 0 radical (unpaired) electrons. The standard InChI is InChI=1S/C24H29NO4/c1-3-5-16-28-22-13-10-19(11-14-22)12-15-23(26)25-21-9-7-8-20(18-21)24(27)29-17-6-4-2/h7-15,18H,3-6,16-17H2,1-2H3,(H,25,26)/b15-12+. The summed E-state index contributed by atoms with van der Waals surface area (Å²) in [5, 5.41) is 2.76. The highest BCUT2D eigenvalue weighted by molar-refractivity contribution is 6.02. The van der Waals surface area contributed by atoms with Crippen molar-refractivity contribution < 1.29 is 19.1 Å². The molecule has 2 rings (SSSR count). The van der Waals surface area contributed by atoms with E-state index >= 15 is 0 Å². The summed E-state index contributed by atoms with van der Waals surface area (Å²) in [6.07, 6.45) is 7.11. The number of esters is 1. The summed E-state index contributed by atoms with van der Waals surface area (Å²) in [5.41, 5.74) is 1.86. The first kappa shape index (κ1) is 22.2. The lowest BCUT2D eigenvalue weighted by atomic mass is 10.2. The van der Waals surface area contributed by atoms with Crippen LogP contribution in [0, 0.1) is 0 Å². The number of benzene rings is 2. The van der Waals surface area contributed by atoms with Crippen LogP contribution >= 0.6 is 0 Å². The fraction of sp³-hybridized carbons (Fsp3) is 0.333. The Balaban J connectivity index is 1.88. The zero-order valence-electron chi connectivity index (χ0n) is 17.1. The van der Waals surface area contributed by atoms with Gasteiger partial charge in [-0.2, -0.15) is 0 Å². The van der Waals surface area contributed by atoms with Gasteiger partial charge in [0.2, 0.25) is 5.91 Å². The molecule has 0 unspecified atom stereocenters. The molecule has 0 aliphatic rings. The van der Waals surface area contributed by atoms with Crippen LogP contribution in [0.3, 0.4) is 0 Å². The first-order valence-corrected chi connectivity index (χ1v) is 10.1. The number of carbonyl (C=O) groups excluding carboxylic acids is 2. The smallest absolute Gasteiger partial charge is 0.338 e. The zero-order chi connectivity index (χ0) is 20.9. The first-order chi connectivity index (χ1) is 14.1. The van der Waals surface area contributed by atoms with E-state index in [9.17, 15) is 9.59 Å². The summed E-state index contributed by atoms with van der Waals surface area (Å²) in [6.45, 7) is 5.27. The van der Waals surface area contributed by atoms with Crippen molar-refractivity contribution in [3.05, 3.63) is 65.7 Å². The summed E-state index contributed by atoms with van der Waals surface area (Å²) >= 11 is 0. The van der Waals surface area contributed by atoms with E-state index in [2.05, 4.69) is 12.2 Å². The predicted octanol–water partition coefficient (Wildman–Crippen LogP) is 5.47. The van der Waals surface area contributed by atoms with E-state index in [0.29, 0.717) is 24.5 Å². The largest absolute Gasteiger partial charge is 0.494 e. The van der Waals surface area contributed by atoms with Gasteiger partial charge in [-0.25, -0.2) is 4.79 Å². The maximum atomic E-state index is 12.2. The van der Waals surface area contributed by atoms with Gasteiger partial charge in [0.15, 0.2) is 0 Å². The molecule has 1 amide bonds. The monoisotopic (exact) mass is 395 g/mol. The molecule has 0 spiro atoms. The fourth-order valence-corrected chi connectivity index (χ4v) is 2.48. The van der Waals surface area contributed by atoms with E-state index in [1.165, 1.54) is 6.08 Å². The molecule has 0 atom stereocenters. The van der Waals surface area contributed by atoms with E-state index in [-0.39, 0.29) is 11.9 Å². The number of unbranched alkanes of at least 4 members (excludes halogenated alkanes) is 2. The molecule has 5 nitrogen and oxygen atoms in total. The molecule has 0 saturated heterocycles. The Bertz CT molecular complexity index is 812. The van der Waals surface area contributed by atoms with Crippen LogP contribution in [0.2, 0.25) is 0 Å². The summed E-state index contributed by atoms with van der Waals surface area (Å²) in [7, 11) is 0. The van der Waals surface area contributed by atoms with Gasteiger partial charge in [-0.15, -0.1) is 0 Å². The van der Waals surface area contributed by atoms with E-state index < -0.39 is 0 Å². The second kappa shape index (κ2) is 12.4. The summed E-state index contributed by atoms with van der Waals surface area (Å²) in [5.74, 6) is 0.166. The van der Waals surface area contributed by atoms with Crippen LogP contribution in [0.15, 0.2) is 54.6 Å². The van der Waals surface area contributed by atoms with Gasteiger partial charge in [0, 0.05) is 11.8 Å². The van der Waals surface area contributed by atoms with Crippen molar-refractivity contribution in [2.45, 2.75) is 39.5 Å². The Hall–Kier alpha value is -3.08. The average molecular weight is 395 g/mol. The number of ether oxygens (including phenoxy) is 2. The third-order valence-corrected chi connectivity index (χ3v) is 4.17. The molecular weight excluding hydrogens is 366 g/mol. The van der Waals surface area contributed by atoms with Crippen molar-refractivity contribution in [2.24, 2.45) is 0 Å². The van der Waals surface area contributed by atoms with Gasteiger partial charge in [-0.3, -0.25) is 4.79 Å². The molecule has 154 valence electrons. The highest BCUT2D eigenvalue weighted by atomic mass is 16.5. The molecule has 0 aromatic heterocycles. The minimum absolute atomic E-state index is 0.273. The van der Waals surface area contributed by atoms with Gasteiger partial charge in [0.1, 0.15) is 5.75 Å². The number of hydrogen-bond acceptors (Lipinski definition) is 4. The average Bonchev–Trinajstić information content (AvgIpc) is 2.73. The van der Waals surface area contributed by atoms with Gasteiger partial charge in [-0.1, -0.05) is 44.9 Å². The van der Waals surface area contributed by atoms with Crippen molar-refractivity contribution in [2.75, 3.05) is 18.5 Å². The minimum Gasteiger partial charge on any atom is -0.494 e. The quantitative estimate of drug-likeness (QED) is 0.311. The molecule has 0 fully saturated rings. The van der Waals surface area contributed by atoms with Crippen LogP contribution in [-0.2, 0) is 9.53 Å². The molecule has 0 aliphatic heterocycles. The molecule has 0 aliphatic carbocycles. The second-order valence-corrected chi connectivity index (χ2v) is 6.66. The molecule has 2 aromatic carbocycles. The Kier molecular flexibility index (Phi) is 9.49. The van der Waals surface area contributed by atoms with Crippen molar-refractivity contribution in [1.82, 2.24) is 0 Å². The topological polar surface area (TPSA) is 64.6 Å². The van der Waals surface area contributed by atoms with E-state index in [4.69, 9.17) is 9.47 Å². The van der Waals surface area contributed by atoms with Crippen LogP contribution < -0.4 is 10.1 Å². The number of carbonyl (C=O) groups is 2. The third-order valence-electron chi connectivity index (χ3n) is 4.17. The maximum Gasteiger partial charge on any atom is 0.338 e. The molecule has 0 saturated carbocycles. The molecule has 5 heteroatoms. The van der Waals surface area contributed by atoms with Crippen molar-refractivity contribution in [1.29, 1.82) is 0 Å². The van der Waals surface area contributed by atoms with Crippen LogP contribution in [0.4, 0.5) is 5.69 Å².